The fraction of sp³-hybridized carbons (Fsp3) is 0.333. The molecule has 1 heterocycles. The number of hydrogen-bond donors (Lipinski definition) is 0. The van der Waals surface area contributed by atoms with Crippen LogP contribution in [0.3, 0.4) is 0 Å². The summed E-state index contributed by atoms with van der Waals surface area (Å²) < 4.78 is 6.29. The van der Waals surface area contributed by atoms with Gasteiger partial charge in [-0.3, -0.25) is 14.9 Å². The minimum atomic E-state index is -0.433. The molecule has 2 aliphatic rings. The van der Waals surface area contributed by atoms with E-state index in [0.29, 0.717) is 23.4 Å². The number of hydrazone groups is 1. The van der Waals surface area contributed by atoms with Crippen LogP contribution in [0.2, 0.25) is 0 Å². The maximum absolute atomic E-state index is 12.9. The first-order valence-corrected chi connectivity index (χ1v) is 10.2. The number of nitro groups is 1. The zero-order valence-electron chi connectivity index (χ0n) is 16.1. The number of rotatable bonds is 4. The van der Waals surface area contributed by atoms with Crippen LogP contribution in [-0.4, -0.2) is 34.7 Å². The molecule has 0 bridgehead atoms. The number of benzene rings is 2. The molecule has 0 saturated heterocycles. The molecule has 1 aliphatic heterocycles. The Morgan fingerprint density at radius 1 is 1.28 bits per heavy atom. The Balaban J connectivity index is 1.87. The summed E-state index contributed by atoms with van der Waals surface area (Å²) in [5.74, 6) is 0.741. The molecule has 2 aromatic rings. The first kappa shape index (κ1) is 19.6. The lowest BCUT2D eigenvalue weighted by Gasteiger charge is -2.23. The van der Waals surface area contributed by atoms with E-state index in [1.54, 1.807) is 24.3 Å². The molecular formula is C21H20BrN3O4. The highest BCUT2D eigenvalue weighted by molar-refractivity contribution is 9.10. The van der Waals surface area contributed by atoms with Crippen LogP contribution >= 0.6 is 15.9 Å². The smallest absolute Gasteiger partial charge is 0.269 e. The van der Waals surface area contributed by atoms with E-state index in [9.17, 15) is 14.9 Å². The number of hydrogen-bond acceptors (Lipinski definition) is 5. The van der Waals surface area contributed by atoms with Gasteiger partial charge in [0, 0.05) is 29.2 Å². The van der Waals surface area contributed by atoms with Gasteiger partial charge in [0.2, 0.25) is 5.91 Å². The van der Waals surface area contributed by atoms with E-state index in [4.69, 9.17) is 9.84 Å². The normalized spacial score (nSPS) is 18.5. The lowest BCUT2D eigenvalue weighted by molar-refractivity contribution is -0.384. The second-order valence-corrected chi connectivity index (χ2v) is 8.26. The highest BCUT2D eigenvalue weighted by Crippen LogP contribution is 2.36. The van der Waals surface area contributed by atoms with Gasteiger partial charge in [-0.15, -0.1) is 0 Å². The number of fused-ring (bicyclic) bond motifs is 1. The van der Waals surface area contributed by atoms with Crippen LogP contribution in [0.4, 0.5) is 5.69 Å². The molecule has 1 atom stereocenters. The SMILES string of the molecule is COc1cc2c(cc1Br)CC(C)N(C(=O)C1CC1)N=C2c1ccc([N+](=O)[O-])cc1. The molecule has 0 radical (unpaired) electrons. The van der Waals surface area contributed by atoms with Crippen LogP contribution in [0.25, 0.3) is 0 Å². The van der Waals surface area contributed by atoms with Crippen molar-refractivity contribution in [1.82, 2.24) is 5.01 Å². The number of amides is 1. The Hall–Kier alpha value is -2.74. The Kier molecular flexibility index (Phi) is 5.12. The van der Waals surface area contributed by atoms with Crippen molar-refractivity contribution < 1.29 is 14.5 Å². The van der Waals surface area contributed by atoms with Gasteiger partial charge < -0.3 is 4.74 Å². The van der Waals surface area contributed by atoms with Gasteiger partial charge in [-0.2, -0.15) is 5.10 Å². The predicted octanol–water partition coefficient (Wildman–Crippen LogP) is 4.30. The average molecular weight is 458 g/mol. The largest absolute Gasteiger partial charge is 0.496 e. The van der Waals surface area contributed by atoms with Crippen molar-refractivity contribution in [3.63, 3.8) is 0 Å². The molecule has 8 heteroatoms. The van der Waals surface area contributed by atoms with Gasteiger partial charge in [-0.1, -0.05) is 0 Å². The molecule has 7 nitrogen and oxygen atoms in total. The van der Waals surface area contributed by atoms with E-state index in [2.05, 4.69) is 15.9 Å². The van der Waals surface area contributed by atoms with E-state index in [0.717, 1.165) is 28.4 Å². The lowest BCUT2D eigenvalue weighted by Crippen LogP contribution is -2.36. The topological polar surface area (TPSA) is 85.0 Å². The molecule has 0 N–H and O–H groups in total. The summed E-state index contributed by atoms with van der Waals surface area (Å²) in [6, 6.07) is 10.0. The molecule has 1 saturated carbocycles. The average Bonchev–Trinajstić information content (AvgIpc) is 3.54. The summed E-state index contributed by atoms with van der Waals surface area (Å²) in [4.78, 5) is 23.5. The molecule has 1 unspecified atom stereocenters. The summed E-state index contributed by atoms with van der Waals surface area (Å²) in [6.45, 7) is 1.99. The van der Waals surface area contributed by atoms with Gasteiger partial charge in [-0.25, -0.2) is 5.01 Å². The number of carbonyl (C=O) groups excluding carboxylic acids is 1. The Morgan fingerprint density at radius 3 is 2.55 bits per heavy atom. The van der Waals surface area contributed by atoms with Crippen molar-refractivity contribution in [2.45, 2.75) is 32.2 Å². The molecule has 1 aliphatic carbocycles. The summed E-state index contributed by atoms with van der Waals surface area (Å²) >= 11 is 3.54. The zero-order valence-corrected chi connectivity index (χ0v) is 17.7. The van der Waals surface area contributed by atoms with Crippen LogP contribution in [0, 0.1) is 16.0 Å². The van der Waals surface area contributed by atoms with E-state index >= 15 is 0 Å². The minimum absolute atomic E-state index is 0.0101. The Morgan fingerprint density at radius 2 is 1.97 bits per heavy atom. The van der Waals surface area contributed by atoms with Crippen molar-refractivity contribution in [2.75, 3.05) is 7.11 Å². The molecule has 0 aromatic heterocycles. The van der Waals surface area contributed by atoms with E-state index in [1.807, 2.05) is 19.1 Å². The third-order valence-electron chi connectivity index (χ3n) is 5.28. The maximum atomic E-state index is 12.9. The number of nitro benzene ring substituents is 1. The predicted molar refractivity (Wildman–Crippen MR) is 112 cm³/mol. The van der Waals surface area contributed by atoms with Gasteiger partial charge in [-0.05, 0) is 71.9 Å². The summed E-state index contributed by atoms with van der Waals surface area (Å²) in [6.07, 6.45) is 2.45. The monoisotopic (exact) mass is 457 g/mol. The van der Waals surface area contributed by atoms with Crippen LogP contribution < -0.4 is 4.74 Å². The standard InChI is InChI=1S/C21H20BrN3O4/c1-12-9-15-10-18(22)19(29-2)11-17(15)20(23-24(12)21(26)14-3-4-14)13-5-7-16(8-6-13)25(27)28/h5-8,10-12,14H,3-4,9H2,1-2H3. The molecule has 29 heavy (non-hydrogen) atoms. The van der Waals surface area contributed by atoms with Crippen LogP contribution in [0.5, 0.6) is 5.75 Å². The first-order chi connectivity index (χ1) is 13.9. The van der Waals surface area contributed by atoms with Gasteiger partial charge in [0.1, 0.15) is 5.75 Å². The number of ether oxygens (including phenoxy) is 1. The van der Waals surface area contributed by atoms with Gasteiger partial charge in [0.25, 0.3) is 5.69 Å². The number of nitrogens with zero attached hydrogens (tertiary/aromatic N) is 3. The highest BCUT2D eigenvalue weighted by Gasteiger charge is 2.37. The van der Waals surface area contributed by atoms with Gasteiger partial charge in [0.05, 0.1) is 28.3 Å². The quantitative estimate of drug-likeness (QED) is 0.505. The van der Waals surface area contributed by atoms with Crippen molar-refractivity contribution >= 4 is 33.2 Å². The fourth-order valence-corrected chi connectivity index (χ4v) is 4.10. The molecule has 4 rings (SSSR count). The second kappa shape index (κ2) is 7.59. The molecular weight excluding hydrogens is 438 g/mol. The number of halogens is 1. The third-order valence-corrected chi connectivity index (χ3v) is 5.90. The number of carbonyl (C=O) groups is 1. The summed E-state index contributed by atoms with van der Waals surface area (Å²) in [5, 5.41) is 17.4. The zero-order chi connectivity index (χ0) is 20.7. The summed E-state index contributed by atoms with van der Waals surface area (Å²) in [5.41, 5.74) is 3.23. The van der Waals surface area contributed by atoms with Crippen LogP contribution in [0.15, 0.2) is 46.0 Å². The fourth-order valence-electron chi connectivity index (χ4n) is 3.54. The van der Waals surface area contributed by atoms with Crippen molar-refractivity contribution in [1.29, 1.82) is 0 Å². The third kappa shape index (κ3) is 3.76. The Labute approximate surface area is 176 Å². The van der Waals surface area contributed by atoms with Crippen molar-refractivity contribution in [2.24, 2.45) is 11.0 Å². The van der Waals surface area contributed by atoms with E-state index in [-0.39, 0.29) is 23.6 Å². The van der Waals surface area contributed by atoms with Crippen molar-refractivity contribution in [3.05, 3.63) is 67.7 Å². The van der Waals surface area contributed by atoms with E-state index < -0.39 is 4.92 Å². The van der Waals surface area contributed by atoms with Crippen LogP contribution in [0.1, 0.15) is 36.5 Å². The second-order valence-electron chi connectivity index (χ2n) is 7.41. The molecule has 1 fully saturated rings. The first-order valence-electron chi connectivity index (χ1n) is 9.42. The molecule has 150 valence electrons. The van der Waals surface area contributed by atoms with Gasteiger partial charge >= 0.3 is 0 Å². The Bertz CT molecular complexity index is 1020. The number of methoxy groups -OCH3 is 1. The minimum Gasteiger partial charge on any atom is -0.496 e. The van der Waals surface area contributed by atoms with Crippen molar-refractivity contribution in [3.8, 4) is 5.75 Å². The molecule has 2 aromatic carbocycles. The van der Waals surface area contributed by atoms with Crippen LogP contribution in [-0.2, 0) is 11.2 Å². The highest BCUT2D eigenvalue weighted by atomic mass is 79.9. The number of non-ortho nitro benzene ring substituents is 1. The summed E-state index contributed by atoms with van der Waals surface area (Å²) in [7, 11) is 1.59. The van der Waals surface area contributed by atoms with E-state index in [1.165, 1.54) is 12.1 Å². The molecule has 0 spiro atoms. The van der Waals surface area contributed by atoms with Gasteiger partial charge in [0.15, 0.2) is 0 Å². The maximum Gasteiger partial charge on any atom is 0.269 e. The lowest BCUT2D eigenvalue weighted by atomic mass is 9.94. The molecule has 1 amide bonds.